The van der Waals surface area contributed by atoms with Gasteiger partial charge in [-0.05, 0) is 11.8 Å². The van der Waals surface area contributed by atoms with E-state index in [0.717, 1.165) is 0 Å². The first-order chi connectivity index (χ1) is 5.52. The summed E-state index contributed by atoms with van der Waals surface area (Å²) in [5.41, 5.74) is 0. The summed E-state index contributed by atoms with van der Waals surface area (Å²) in [5, 5.41) is 8.35. The van der Waals surface area contributed by atoms with E-state index in [1.54, 1.807) is 0 Å². The van der Waals surface area contributed by atoms with Crippen LogP contribution < -0.4 is 0 Å². The summed E-state index contributed by atoms with van der Waals surface area (Å²) in [6.45, 7) is 5.35. The molecule has 0 saturated carbocycles. The van der Waals surface area contributed by atoms with Crippen molar-refractivity contribution in [3.63, 3.8) is 0 Å². The largest absolute Gasteiger partial charge is 0.474 e. The Morgan fingerprint density at radius 2 is 1.92 bits per heavy atom. The van der Waals surface area contributed by atoms with Gasteiger partial charge >= 0.3 is 11.9 Å². The zero-order valence-corrected chi connectivity index (χ0v) is 7.28. The molecule has 0 radical (unpaired) electrons. The molecule has 68 valence electrons. The van der Waals surface area contributed by atoms with Crippen LogP contribution in [0.2, 0.25) is 0 Å². The van der Waals surface area contributed by atoms with Gasteiger partial charge in [-0.15, -0.1) is 0 Å². The van der Waals surface area contributed by atoms with E-state index in [2.05, 4.69) is 13.8 Å². The zero-order chi connectivity index (χ0) is 9.30. The Morgan fingerprint density at radius 1 is 1.42 bits per heavy atom. The Labute approximate surface area is 71.2 Å². The van der Waals surface area contributed by atoms with Gasteiger partial charge in [0.25, 0.3) is 0 Å². The van der Waals surface area contributed by atoms with Gasteiger partial charge in [0.05, 0.1) is 0 Å². The second-order valence-electron chi connectivity index (χ2n) is 3.52. The molecule has 1 heterocycles. The van der Waals surface area contributed by atoms with Crippen molar-refractivity contribution in [1.82, 2.24) is 4.90 Å². The number of hydrogen-bond donors (Lipinski definition) is 1. The quantitative estimate of drug-likeness (QED) is 0.573. The van der Waals surface area contributed by atoms with Crippen LogP contribution in [0, 0.1) is 11.8 Å². The van der Waals surface area contributed by atoms with Gasteiger partial charge in [0.1, 0.15) is 0 Å². The first kappa shape index (κ1) is 9.03. The summed E-state index contributed by atoms with van der Waals surface area (Å²) in [6, 6.07) is 0. The van der Waals surface area contributed by atoms with Crippen molar-refractivity contribution in [1.29, 1.82) is 0 Å². The molecule has 1 rings (SSSR count). The maximum Gasteiger partial charge on any atom is 0.394 e. The zero-order valence-electron chi connectivity index (χ0n) is 7.28. The van der Waals surface area contributed by atoms with Crippen molar-refractivity contribution in [2.24, 2.45) is 11.8 Å². The van der Waals surface area contributed by atoms with Crippen molar-refractivity contribution in [3.05, 3.63) is 0 Å². The highest BCUT2D eigenvalue weighted by Crippen LogP contribution is 2.22. The predicted octanol–water partition coefficient (Wildman–Crippen LogP) is 0.185. The van der Waals surface area contributed by atoms with E-state index < -0.39 is 11.9 Å². The van der Waals surface area contributed by atoms with Gasteiger partial charge in [0.2, 0.25) is 0 Å². The fraction of sp³-hybridized carbons (Fsp3) is 0.750. The molecule has 0 unspecified atom stereocenters. The van der Waals surface area contributed by atoms with Crippen LogP contribution in [0.3, 0.4) is 0 Å². The first-order valence-corrected chi connectivity index (χ1v) is 4.04. The van der Waals surface area contributed by atoms with Gasteiger partial charge in [-0.3, -0.25) is 4.79 Å². The molecule has 0 aromatic carbocycles. The summed E-state index contributed by atoms with van der Waals surface area (Å²) in [6.07, 6.45) is 0. The lowest BCUT2D eigenvalue weighted by Gasteiger charge is -2.40. The molecule has 1 amide bonds. The molecular weight excluding hydrogens is 158 g/mol. The van der Waals surface area contributed by atoms with E-state index >= 15 is 0 Å². The second kappa shape index (κ2) is 3.13. The molecule has 1 fully saturated rings. The third-order valence-corrected chi connectivity index (χ3v) is 2.32. The summed E-state index contributed by atoms with van der Waals surface area (Å²) in [4.78, 5) is 22.4. The van der Waals surface area contributed by atoms with Gasteiger partial charge in [-0.2, -0.15) is 0 Å². The molecule has 4 heteroatoms. The Morgan fingerprint density at radius 3 is 2.25 bits per heavy atom. The molecule has 1 saturated heterocycles. The van der Waals surface area contributed by atoms with Crippen LogP contribution in [-0.2, 0) is 9.59 Å². The van der Waals surface area contributed by atoms with Crippen LogP contribution in [0.4, 0.5) is 0 Å². The summed E-state index contributed by atoms with van der Waals surface area (Å²) < 4.78 is 0. The van der Waals surface area contributed by atoms with Gasteiger partial charge in [-0.1, -0.05) is 13.8 Å². The highest BCUT2D eigenvalue weighted by Gasteiger charge is 2.35. The highest BCUT2D eigenvalue weighted by molar-refractivity contribution is 6.31. The summed E-state index contributed by atoms with van der Waals surface area (Å²) >= 11 is 0. The highest BCUT2D eigenvalue weighted by atomic mass is 16.4. The fourth-order valence-electron chi connectivity index (χ4n) is 1.24. The lowest BCUT2D eigenvalue weighted by molar-refractivity contribution is -0.160. The van der Waals surface area contributed by atoms with Gasteiger partial charge in [-0.25, -0.2) is 4.79 Å². The number of carbonyl (C=O) groups is 2. The lowest BCUT2D eigenvalue weighted by atomic mass is 9.88. The molecule has 0 aliphatic carbocycles. The van der Waals surface area contributed by atoms with Crippen molar-refractivity contribution >= 4 is 11.9 Å². The van der Waals surface area contributed by atoms with Crippen molar-refractivity contribution in [3.8, 4) is 0 Å². The molecule has 12 heavy (non-hydrogen) atoms. The van der Waals surface area contributed by atoms with Crippen molar-refractivity contribution < 1.29 is 14.7 Å². The Bertz CT molecular complexity index is 206. The average Bonchev–Trinajstić information content (AvgIpc) is 1.82. The van der Waals surface area contributed by atoms with Crippen LogP contribution in [0.1, 0.15) is 13.8 Å². The number of likely N-dealkylation sites (tertiary alicyclic amines) is 1. The summed E-state index contributed by atoms with van der Waals surface area (Å²) in [7, 11) is 0. The molecule has 1 aliphatic rings. The van der Waals surface area contributed by atoms with E-state index in [1.807, 2.05) is 0 Å². The van der Waals surface area contributed by atoms with Crippen molar-refractivity contribution in [2.75, 3.05) is 13.1 Å². The Kier molecular flexibility index (Phi) is 2.35. The molecule has 1 aliphatic heterocycles. The molecule has 1 N–H and O–H groups in total. The van der Waals surface area contributed by atoms with Gasteiger partial charge in [0, 0.05) is 13.1 Å². The molecule has 0 atom stereocenters. The number of rotatable bonds is 1. The van der Waals surface area contributed by atoms with Crippen LogP contribution in [0.25, 0.3) is 0 Å². The van der Waals surface area contributed by atoms with Gasteiger partial charge < -0.3 is 10.0 Å². The third kappa shape index (κ3) is 1.57. The number of amides is 1. The third-order valence-electron chi connectivity index (χ3n) is 2.32. The average molecular weight is 171 g/mol. The number of nitrogens with zero attached hydrogens (tertiary/aromatic N) is 1. The van der Waals surface area contributed by atoms with Crippen LogP contribution in [0.15, 0.2) is 0 Å². The van der Waals surface area contributed by atoms with E-state index in [4.69, 9.17) is 5.11 Å². The van der Waals surface area contributed by atoms with Crippen LogP contribution in [0.5, 0.6) is 0 Å². The lowest BCUT2D eigenvalue weighted by Crippen LogP contribution is -2.53. The number of aliphatic carboxylic acids is 1. The molecule has 0 aromatic heterocycles. The molecule has 0 aromatic rings. The second-order valence-corrected chi connectivity index (χ2v) is 3.52. The number of carbonyl (C=O) groups excluding carboxylic acids is 1. The normalized spacial score (nSPS) is 17.8. The fourth-order valence-corrected chi connectivity index (χ4v) is 1.24. The van der Waals surface area contributed by atoms with E-state index in [0.29, 0.717) is 24.9 Å². The minimum atomic E-state index is -1.35. The minimum Gasteiger partial charge on any atom is -0.474 e. The molecule has 0 spiro atoms. The Balaban J connectivity index is 2.35. The standard InChI is InChI=1S/C8H13NO3/c1-5(2)6-3-9(4-6)7(10)8(11)12/h5-6H,3-4H2,1-2H3,(H,11,12). The topological polar surface area (TPSA) is 57.6 Å². The maximum atomic E-state index is 10.8. The van der Waals surface area contributed by atoms with Crippen molar-refractivity contribution in [2.45, 2.75) is 13.8 Å². The smallest absolute Gasteiger partial charge is 0.394 e. The molecule has 4 nitrogen and oxygen atoms in total. The van der Waals surface area contributed by atoms with E-state index in [9.17, 15) is 9.59 Å². The summed E-state index contributed by atoms with van der Waals surface area (Å²) in [5.74, 6) is -1.11. The minimum absolute atomic E-state index is 0.480. The number of hydrogen-bond acceptors (Lipinski definition) is 2. The monoisotopic (exact) mass is 171 g/mol. The number of carboxylic acid groups (broad SMARTS) is 1. The first-order valence-electron chi connectivity index (χ1n) is 4.04. The number of carboxylic acids is 1. The maximum absolute atomic E-state index is 10.8. The van der Waals surface area contributed by atoms with Gasteiger partial charge in [0.15, 0.2) is 0 Å². The SMILES string of the molecule is CC(C)C1CN(C(=O)C(=O)O)C1. The van der Waals surface area contributed by atoms with E-state index in [-0.39, 0.29) is 0 Å². The van der Waals surface area contributed by atoms with Crippen LogP contribution >= 0.6 is 0 Å². The predicted molar refractivity (Wildman–Crippen MR) is 42.5 cm³/mol. The Hall–Kier alpha value is -1.06. The molecular formula is C8H13NO3. The van der Waals surface area contributed by atoms with E-state index in [1.165, 1.54) is 4.90 Å². The van der Waals surface area contributed by atoms with Crippen LogP contribution in [-0.4, -0.2) is 35.0 Å². The molecule has 0 bridgehead atoms.